The van der Waals surface area contributed by atoms with Gasteiger partial charge in [0.15, 0.2) is 17.3 Å². The number of Topliss-reactive ketones (excluding diaryl/α,β-unsaturated/α-hetero) is 3. The number of rotatable bonds is 23. The van der Waals surface area contributed by atoms with Crippen molar-refractivity contribution in [2.75, 3.05) is 52.4 Å². The van der Waals surface area contributed by atoms with Crippen LogP contribution in [0.3, 0.4) is 0 Å². The van der Waals surface area contributed by atoms with Gasteiger partial charge in [-0.25, -0.2) is 0 Å². The van der Waals surface area contributed by atoms with E-state index < -0.39 is 35.7 Å². The van der Waals surface area contributed by atoms with Crippen molar-refractivity contribution in [2.24, 2.45) is 35.5 Å². The third kappa shape index (κ3) is 13.4. The molecule has 3 saturated heterocycles. The van der Waals surface area contributed by atoms with Gasteiger partial charge >= 0.3 is 17.9 Å². The summed E-state index contributed by atoms with van der Waals surface area (Å²) in [4.78, 5) is 91.7. The van der Waals surface area contributed by atoms with E-state index in [1.54, 1.807) is 53.4 Å². The number of ether oxygens (including phenoxy) is 1. The number of benzene rings is 3. The molecule has 0 aromatic heterocycles. The van der Waals surface area contributed by atoms with Crippen LogP contribution in [0.1, 0.15) is 98.9 Å². The fraction of sp³-hybridized carbons (Fsp3) is 0.500. The van der Waals surface area contributed by atoms with Crippen molar-refractivity contribution < 1.29 is 53.6 Å². The summed E-state index contributed by atoms with van der Waals surface area (Å²) in [5, 5.41) is 40.2. The molecule has 0 spiro atoms. The molecule has 3 fully saturated rings. The number of nitrogens with one attached hydrogen (secondary N) is 3. The SMILES string of the molecule is CC(=O)c1cc(CC(=O)N(CCOc2cc(CC(C(=O)O)C3CCNC3)cc(C(C)=O)c2)Cc2cc(CC(C(=O)O)C3CCNC3)cc(C(C)=O)c2)cc(CC(C(=O)O)C2CCNC2)c1. The predicted octanol–water partition coefficient (Wildman–Crippen LogP) is 4.50. The highest BCUT2D eigenvalue weighted by molar-refractivity contribution is 5.96. The van der Waals surface area contributed by atoms with Gasteiger partial charge in [0.1, 0.15) is 12.4 Å². The van der Waals surface area contributed by atoms with Gasteiger partial charge in [0.05, 0.1) is 30.7 Å². The standard InChI is InChI=1S/C50H62N4O11/c1-29(55)40-14-32(20-44(48(59)60)37-4-7-51-25-37)12-34(16-40)23-47(58)54(28-36-13-33(15-41(18-36)30(2)56)21-45(49(61)62)38-5-8-52-26-38)10-11-65-43-19-35(17-42(24-43)31(3)57)22-46(50(63)64)39-6-9-53-27-39/h12-19,24,37-39,44-46,51-53H,4-11,20-23,25-28H2,1-3H3,(H,59,60)(H,61,62)(H,63,64). The van der Waals surface area contributed by atoms with Crippen LogP contribution in [0.25, 0.3) is 0 Å². The summed E-state index contributed by atoms with van der Waals surface area (Å²) in [7, 11) is 0. The Labute approximate surface area is 379 Å². The zero-order valence-electron chi connectivity index (χ0n) is 37.5. The lowest BCUT2D eigenvalue weighted by Gasteiger charge is -2.25. The largest absolute Gasteiger partial charge is 0.492 e. The van der Waals surface area contributed by atoms with Crippen LogP contribution in [-0.2, 0) is 51.4 Å². The summed E-state index contributed by atoms with van der Waals surface area (Å²) in [6.45, 7) is 8.21. The molecular formula is C50H62N4O11. The fourth-order valence-electron chi connectivity index (χ4n) is 9.69. The van der Waals surface area contributed by atoms with Crippen molar-refractivity contribution in [3.05, 3.63) is 99.1 Å². The summed E-state index contributed by atoms with van der Waals surface area (Å²) >= 11 is 0. The molecule has 6 unspecified atom stereocenters. The second-order valence-corrected chi connectivity index (χ2v) is 18.2. The van der Waals surface area contributed by atoms with Gasteiger partial charge in [-0.05, 0) is 187 Å². The van der Waals surface area contributed by atoms with E-state index in [-0.39, 0.29) is 86.4 Å². The number of carbonyl (C=O) groups excluding carboxylic acids is 4. The molecule has 0 bridgehead atoms. The number of ketones is 3. The van der Waals surface area contributed by atoms with Crippen LogP contribution in [0, 0.1) is 35.5 Å². The molecule has 65 heavy (non-hydrogen) atoms. The lowest BCUT2D eigenvalue weighted by Crippen LogP contribution is -2.35. The van der Waals surface area contributed by atoms with E-state index >= 15 is 0 Å². The van der Waals surface area contributed by atoms with Crippen LogP contribution in [0.2, 0.25) is 0 Å². The predicted molar refractivity (Wildman–Crippen MR) is 241 cm³/mol. The van der Waals surface area contributed by atoms with Gasteiger partial charge in [-0.15, -0.1) is 0 Å². The summed E-state index contributed by atoms with van der Waals surface area (Å²) in [5.74, 6) is -5.72. The van der Waals surface area contributed by atoms with Crippen LogP contribution in [0.4, 0.5) is 0 Å². The minimum Gasteiger partial charge on any atom is -0.492 e. The van der Waals surface area contributed by atoms with Crippen molar-refractivity contribution in [1.82, 2.24) is 20.9 Å². The maximum Gasteiger partial charge on any atom is 0.307 e. The van der Waals surface area contributed by atoms with Crippen molar-refractivity contribution in [3.63, 3.8) is 0 Å². The molecular weight excluding hydrogens is 833 g/mol. The third-order valence-electron chi connectivity index (χ3n) is 13.3. The maximum absolute atomic E-state index is 14.6. The molecule has 1 amide bonds. The first-order valence-corrected chi connectivity index (χ1v) is 22.7. The van der Waals surface area contributed by atoms with Gasteiger partial charge in [0, 0.05) is 23.2 Å². The Morgan fingerprint density at radius 3 is 1.34 bits per heavy atom. The summed E-state index contributed by atoms with van der Waals surface area (Å²) in [6.07, 6.45) is 2.59. The molecule has 3 aromatic rings. The van der Waals surface area contributed by atoms with E-state index in [1.807, 2.05) is 6.07 Å². The molecule has 0 aliphatic carbocycles. The molecule has 6 N–H and O–H groups in total. The molecule has 3 aromatic carbocycles. The average Bonchev–Trinajstić information content (AvgIpc) is 4.09. The van der Waals surface area contributed by atoms with Crippen molar-refractivity contribution in [2.45, 2.75) is 72.3 Å². The summed E-state index contributed by atoms with van der Waals surface area (Å²) < 4.78 is 6.24. The van der Waals surface area contributed by atoms with E-state index in [0.717, 1.165) is 32.5 Å². The van der Waals surface area contributed by atoms with Gasteiger partial charge in [-0.3, -0.25) is 33.6 Å². The minimum absolute atomic E-state index is 0.0164. The molecule has 3 aliphatic heterocycles. The second-order valence-electron chi connectivity index (χ2n) is 18.2. The van der Waals surface area contributed by atoms with Crippen LogP contribution in [-0.4, -0.2) is 114 Å². The first-order valence-electron chi connectivity index (χ1n) is 22.7. The zero-order chi connectivity index (χ0) is 46.8. The number of carbonyl (C=O) groups is 7. The first-order chi connectivity index (χ1) is 31.0. The summed E-state index contributed by atoms with van der Waals surface area (Å²) in [5.41, 5.74) is 4.14. The van der Waals surface area contributed by atoms with Gasteiger partial charge in [-0.1, -0.05) is 12.1 Å². The van der Waals surface area contributed by atoms with Gasteiger partial charge in [0.25, 0.3) is 0 Å². The number of carboxylic acid groups (broad SMARTS) is 3. The highest BCUT2D eigenvalue weighted by Gasteiger charge is 2.33. The molecule has 3 heterocycles. The van der Waals surface area contributed by atoms with Gasteiger partial charge in [-0.2, -0.15) is 0 Å². The number of carboxylic acids is 3. The van der Waals surface area contributed by atoms with E-state index in [4.69, 9.17) is 4.74 Å². The van der Waals surface area contributed by atoms with Crippen LogP contribution >= 0.6 is 0 Å². The molecule has 3 aliphatic rings. The molecule has 6 rings (SSSR count). The monoisotopic (exact) mass is 894 g/mol. The van der Waals surface area contributed by atoms with Crippen LogP contribution in [0.15, 0.2) is 54.6 Å². The smallest absolute Gasteiger partial charge is 0.307 e. The number of amides is 1. The van der Waals surface area contributed by atoms with Crippen molar-refractivity contribution in [1.29, 1.82) is 0 Å². The van der Waals surface area contributed by atoms with Crippen LogP contribution in [0.5, 0.6) is 5.75 Å². The molecule has 0 saturated carbocycles. The van der Waals surface area contributed by atoms with Crippen molar-refractivity contribution >= 4 is 41.2 Å². The highest BCUT2D eigenvalue weighted by atomic mass is 16.5. The number of aliphatic carboxylic acids is 3. The lowest BCUT2D eigenvalue weighted by atomic mass is 9.85. The Morgan fingerprint density at radius 1 is 0.554 bits per heavy atom. The number of hydrogen-bond donors (Lipinski definition) is 6. The second kappa shape index (κ2) is 22.4. The van der Waals surface area contributed by atoms with Gasteiger partial charge in [0.2, 0.25) is 5.91 Å². The zero-order valence-corrected chi connectivity index (χ0v) is 37.5. The maximum atomic E-state index is 14.6. The Morgan fingerprint density at radius 2 is 0.938 bits per heavy atom. The normalized spacial score (nSPS) is 19.6. The molecule has 15 nitrogen and oxygen atoms in total. The first kappa shape index (κ1) is 48.7. The number of hydrogen-bond acceptors (Lipinski definition) is 11. The Bertz CT molecular complexity index is 2260. The molecule has 6 atom stereocenters. The molecule has 348 valence electrons. The Hall–Kier alpha value is -5.77. The van der Waals surface area contributed by atoms with Gasteiger partial charge < -0.3 is 40.9 Å². The Kier molecular flexibility index (Phi) is 16.8. The van der Waals surface area contributed by atoms with Crippen molar-refractivity contribution in [3.8, 4) is 5.75 Å². The quantitative estimate of drug-likeness (QED) is 0.0721. The van der Waals surface area contributed by atoms with Crippen LogP contribution < -0.4 is 20.7 Å². The molecule has 0 radical (unpaired) electrons. The van der Waals surface area contributed by atoms with E-state index in [0.29, 0.717) is 76.3 Å². The van der Waals surface area contributed by atoms with E-state index in [9.17, 15) is 48.9 Å². The van der Waals surface area contributed by atoms with E-state index in [1.165, 1.54) is 20.8 Å². The minimum atomic E-state index is -0.925. The molecule has 15 heteroatoms. The Balaban J connectivity index is 1.29. The highest BCUT2D eigenvalue weighted by Crippen LogP contribution is 2.29. The third-order valence-corrected chi connectivity index (χ3v) is 13.3. The number of nitrogens with zero attached hydrogens (tertiary/aromatic N) is 1. The fourth-order valence-corrected chi connectivity index (χ4v) is 9.69. The lowest BCUT2D eigenvalue weighted by molar-refractivity contribution is -0.144. The topological polar surface area (TPSA) is 229 Å². The van der Waals surface area contributed by atoms with E-state index in [2.05, 4.69) is 16.0 Å². The summed E-state index contributed by atoms with van der Waals surface area (Å²) in [6, 6.07) is 15.3. The average molecular weight is 895 g/mol.